The van der Waals surface area contributed by atoms with E-state index in [4.69, 9.17) is 4.42 Å². The van der Waals surface area contributed by atoms with Gasteiger partial charge in [-0.05, 0) is 33.2 Å². The minimum absolute atomic E-state index is 0.0668. The highest BCUT2D eigenvalue weighted by molar-refractivity contribution is 5.82. The highest BCUT2D eigenvalue weighted by Crippen LogP contribution is 2.20. The van der Waals surface area contributed by atoms with Gasteiger partial charge in [-0.2, -0.15) is 0 Å². The molecule has 0 bridgehead atoms. The van der Waals surface area contributed by atoms with E-state index in [0.717, 1.165) is 25.0 Å². The number of amides is 1. The van der Waals surface area contributed by atoms with Crippen LogP contribution in [0.5, 0.6) is 0 Å². The molecule has 2 rings (SSSR count). The summed E-state index contributed by atoms with van der Waals surface area (Å²) in [4.78, 5) is 18.1. The number of rotatable bonds is 3. The molecule has 17 heavy (non-hydrogen) atoms. The minimum atomic E-state index is -0.0668. The van der Waals surface area contributed by atoms with Gasteiger partial charge in [0.1, 0.15) is 5.76 Å². The first kappa shape index (κ1) is 12.1. The molecule has 5 heteroatoms. The monoisotopic (exact) mass is 237 g/mol. The summed E-state index contributed by atoms with van der Waals surface area (Å²) in [6.07, 6.45) is 6.09. The molecule has 2 heterocycles. The second kappa shape index (κ2) is 5.31. The number of hydrogen-bond donors (Lipinski definition) is 1. The highest BCUT2D eigenvalue weighted by atomic mass is 16.3. The maximum atomic E-state index is 12.3. The number of nitrogens with zero attached hydrogens (tertiary/aromatic N) is 2. The predicted molar refractivity (Wildman–Crippen MR) is 63.2 cm³/mol. The summed E-state index contributed by atoms with van der Waals surface area (Å²) in [6, 6.07) is 0.189. The quantitative estimate of drug-likeness (QED) is 0.857. The maximum Gasteiger partial charge on any atom is 0.240 e. The van der Waals surface area contributed by atoms with Crippen molar-refractivity contribution in [3.8, 4) is 0 Å². The third kappa shape index (κ3) is 2.66. The number of nitrogens with one attached hydrogen (secondary N) is 1. The lowest BCUT2D eigenvalue weighted by Gasteiger charge is -2.28. The molecular weight excluding hydrogens is 218 g/mol. The number of carbonyl (C=O) groups excluding carboxylic acids is 1. The van der Waals surface area contributed by atoms with Gasteiger partial charge in [-0.25, -0.2) is 4.98 Å². The summed E-state index contributed by atoms with van der Waals surface area (Å²) in [5, 5.41) is 3.09. The standard InChI is InChI=1S/C12H19N3O2/c1-9-4-3-5-11(13-2)12(16)15(9)7-10-6-14-8-17-10/h6,8-9,11,13H,3-5,7H2,1-2H3. The topological polar surface area (TPSA) is 58.4 Å². The number of carbonyl (C=O) groups is 1. The summed E-state index contributed by atoms with van der Waals surface area (Å²) >= 11 is 0. The Bertz CT molecular complexity index is 364. The fourth-order valence-corrected chi connectivity index (χ4v) is 2.30. The second-order valence-corrected chi connectivity index (χ2v) is 4.56. The van der Waals surface area contributed by atoms with Crippen LogP contribution in [-0.4, -0.2) is 34.9 Å². The zero-order chi connectivity index (χ0) is 12.3. The maximum absolute atomic E-state index is 12.3. The summed E-state index contributed by atoms with van der Waals surface area (Å²) in [7, 11) is 1.84. The van der Waals surface area contributed by atoms with Gasteiger partial charge in [0.25, 0.3) is 0 Å². The van der Waals surface area contributed by atoms with Crippen molar-refractivity contribution in [2.45, 2.75) is 44.8 Å². The molecule has 94 valence electrons. The van der Waals surface area contributed by atoms with Crippen molar-refractivity contribution in [3.63, 3.8) is 0 Å². The summed E-state index contributed by atoms with van der Waals surface area (Å²) in [5.74, 6) is 0.899. The van der Waals surface area contributed by atoms with Crippen LogP contribution in [0.3, 0.4) is 0 Å². The number of hydrogen-bond acceptors (Lipinski definition) is 4. The lowest BCUT2D eigenvalue weighted by atomic mass is 10.1. The molecule has 2 atom stereocenters. The lowest BCUT2D eigenvalue weighted by Crippen LogP contribution is -2.46. The summed E-state index contributed by atoms with van der Waals surface area (Å²) in [5.41, 5.74) is 0. The third-order valence-electron chi connectivity index (χ3n) is 3.39. The van der Waals surface area contributed by atoms with E-state index in [1.54, 1.807) is 6.20 Å². The molecule has 1 aliphatic rings. The zero-order valence-electron chi connectivity index (χ0n) is 10.3. The molecule has 0 aromatic carbocycles. The van der Waals surface area contributed by atoms with Gasteiger partial charge in [-0.15, -0.1) is 0 Å². The van der Waals surface area contributed by atoms with Crippen molar-refractivity contribution in [3.05, 3.63) is 18.4 Å². The molecule has 0 saturated carbocycles. The van der Waals surface area contributed by atoms with Gasteiger partial charge in [0.05, 0.1) is 18.8 Å². The fraction of sp³-hybridized carbons (Fsp3) is 0.667. The fourth-order valence-electron chi connectivity index (χ4n) is 2.30. The molecule has 2 unspecified atom stereocenters. The van der Waals surface area contributed by atoms with E-state index in [1.807, 2.05) is 11.9 Å². The van der Waals surface area contributed by atoms with Crippen molar-refractivity contribution in [2.24, 2.45) is 0 Å². The van der Waals surface area contributed by atoms with Crippen molar-refractivity contribution >= 4 is 5.91 Å². The molecular formula is C12H19N3O2. The average molecular weight is 237 g/mol. The van der Waals surface area contributed by atoms with Crippen molar-refractivity contribution in [2.75, 3.05) is 7.05 Å². The number of oxazole rings is 1. The highest BCUT2D eigenvalue weighted by Gasteiger charge is 2.30. The molecule has 0 radical (unpaired) electrons. The summed E-state index contributed by atoms with van der Waals surface area (Å²) < 4.78 is 5.22. The number of likely N-dealkylation sites (N-methyl/N-ethyl adjacent to an activating group) is 1. The van der Waals surface area contributed by atoms with E-state index in [1.165, 1.54) is 6.39 Å². The van der Waals surface area contributed by atoms with Crippen LogP contribution in [0.15, 0.2) is 17.0 Å². The molecule has 0 aliphatic carbocycles. The molecule has 1 saturated heterocycles. The Morgan fingerprint density at radius 1 is 1.59 bits per heavy atom. The van der Waals surface area contributed by atoms with E-state index >= 15 is 0 Å². The number of likely N-dealkylation sites (tertiary alicyclic amines) is 1. The first-order chi connectivity index (χ1) is 8.22. The van der Waals surface area contributed by atoms with E-state index < -0.39 is 0 Å². The van der Waals surface area contributed by atoms with E-state index in [2.05, 4.69) is 17.2 Å². The minimum Gasteiger partial charge on any atom is -0.447 e. The van der Waals surface area contributed by atoms with Gasteiger partial charge >= 0.3 is 0 Å². The Morgan fingerprint density at radius 2 is 2.41 bits per heavy atom. The SMILES string of the molecule is CNC1CCCC(C)N(Cc2cnco2)C1=O. The Labute approximate surface area is 101 Å². The smallest absolute Gasteiger partial charge is 0.240 e. The molecule has 1 fully saturated rings. The van der Waals surface area contributed by atoms with Gasteiger partial charge in [0, 0.05) is 6.04 Å². The van der Waals surface area contributed by atoms with Crippen LogP contribution in [0.25, 0.3) is 0 Å². The average Bonchev–Trinajstić information content (AvgIpc) is 2.79. The van der Waals surface area contributed by atoms with Crippen LogP contribution >= 0.6 is 0 Å². The molecule has 1 aromatic heterocycles. The van der Waals surface area contributed by atoms with E-state index in [9.17, 15) is 4.79 Å². The molecule has 1 N–H and O–H groups in total. The molecule has 1 aliphatic heterocycles. The van der Waals surface area contributed by atoms with Crippen molar-refractivity contribution in [1.29, 1.82) is 0 Å². The third-order valence-corrected chi connectivity index (χ3v) is 3.39. The Morgan fingerprint density at radius 3 is 3.06 bits per heavy atom. The van der Waals surface area contributed by atoms with Gasteiger partial charge in [0.15, 0.2) is 6.39 Å². The number of aromatic nitrogens is 1. The normalized spacial score (nSPS) is 26.0. The molecule has 0 spiro atoms. The largest absolute Gasteiger partial charge is 0.447 e. The Balaban J connectivity index is 2.12. The first-order valence-corrected chi connectivity index (χ1v) is 6.07. The Kier molecular flexibility index (Phi) is 3.78. The first-order valence-electron chi connectivity index (χ1n) is 6.07. The Hall–Kier alpha value is -1.36. The van der Waals surface area contributed by atoms with Crippen LogP contribution in [0, 0.1) is 0 Å². The molecule has 1 amide bonds. The van der Waals surface area contributed by atoms with Gasteiger partial charge in [0.2, 0.25) is 5.91 Å². The van der Waals surface area contributed by atoms with Gasteiger partial charge in [-0.1, -0.05) is 0 Å². The predicted octanol–water partition coefficient (Wildman–Crippen LogP) is 1.16. The van der Waals surface area contributed by atoms with Crippen molar-refractivity contribution in [1.82, 2.24) is 15.2 Å². The summed E-state index contributed by atoms with van der Waals surface area (Å²) in [6.45, 7) is 2.60. The van der Waals surface area contributed by atoms with Crippen LogP contribution in [0.2, 0.25) is 0 Å². The lowest BCUT2D eigenvalue weighted by molar-refractivity contribution is -0.135. The van der Waals surface area contributed by atoms with Crippen LogP contribution in [-0.2, 0) is 11.3 Å². The molecule has 1 aromatic rings. The van der Waals surface area contributed by atoms with Crippen LogP contribution < -0.4 is 5.32 Å². The van der Waals surface area contributed by atoms with Crippen LogP contribution in [0.1, 0.15) is 31.9 Å². The van der Waals surface area contributed by atoms with E-state index in [-0.39, 0.29) is 18.0 Å². The van der Waals surface area contributed by atoms with Crippen molar-refractivity contribution < 1.29 is 9.21 Å². The van der Waals surface area contributed by atoms with Gasteiger partial charge < -0.3 is 14.6 Å². The van der Waals surface area contributed by atoms with Gasteiger partial charge in [-0.3, -0.25) is 4.79 Å². The van der Waals surface area contributed by atoms with Crippen LogP contribution in [0.4, 0.5) is 0 Å². The zero-order valence-corrected chi connectivity index (χ0v) is 10.3. The molecule has 5 nitrogen and oxygen atoms in total. The van der Waals surface area contributed by atoms with E-state index in [0.29, 0.717) is 6.54 Å². The second-order valence-electron chi connectivity index (χ2n) is 4.56.